The lowest BCUT2D eigenvalue weighted by atomic mass is 10.1. The molecule has 0 radical (unpaired) electrons. The van der Waals surface area contributed by atoms with Gasteiger partial charge in [-0.1, -0.05) is 24.3 Å². The predicted molar refractivity (Wildman–Crippen MR) is 110 cm³/mol. The monoisotopic (exact) mass is 392 g/mol. The Morgan fingerprint density at radius 3 is 2.76 bits per heavy atom. The highest BCUT2D eigenvalue weighted by atomic mass is 16.6. The smallest absolute Gasteiger partial charge is 0.269 e. The van der Waals surface area contributed by atoms with E-state index in [0.29, 0.717) is 29.5 Å². The molecule has 0 unspecified atom stereocenters. The van der Waals surface area contributed by atoms with Gasteiger partial charge in [0, 0.05) is 23.4 Å². The van der Waals surface area contributed by atoms with Crippen molar-refractivity contribution in [2.45, 2.75) is 20.0 Å². The van der Waals surface area contributed by atoms with Gasteiger partial charge in [0.25, 0.3) is 5.69 Å². The molecule has 3 aromatic rings. The summed E-state index contributed by atoms with van der Waals surface area (Å²) in [6.07, 6.45) is 2.08. The number of hydrogen-bond donors (Lipinski definition) is 2. The standard InChI is InChI=1S/C20H20N6O3/c1-3-6-14-11-15(26(27)28)9-10-17(14)29-12-18-23-19(21)25-20(24-18)22-16-8-5-4-7-13(16)2/h3-5,7-11H,1,6,12H2,2H3,(H3,21,22,23,24,25). The minimum atomic E-state index is -0.452. The van der Waals surface area contributed by atoms with Crippen LogP contribution in [-0.4, -0.2) is 19.9 Å². The maximum absolute atomic E-state index is 11.0. The summed E-state index contributed by atoms with van der Waals surface area (Å²) in [5.74, 6) is 1.18. The molecule has 0 atom stereocenters. The number of hydrogen-bond acceptors (Lipinski definition) is 8. The van der Waals surface area contributed by atoms with E-state index in [9.17, 15) is 10.1 Å². The number of allylic oxidation sites excluding steroid dienone is 1. The summed E-state index contributed by atoms with van der Waals surface area (Å²) in [5, 5.41) is 14.1. The van der Waals surface area contributed by atoms with Crippen molar-refractivity contribution in [1.82, 2.24) is 15.0 Å². The molecule has 0 bridgehead atoms. The van der Waals surface area contributed by atoms with Gasteiger partial charge >= 0.3 is 0 Å². The molecule has 9 nitrogen and oxygen atoms in total. The zero-order chi connectivity index (χ0) is 20.8. The zero-order valence-electron chi connectivity index (χ0n) is 15.8. The SMILES string of the molecule is C=CCc1cc([N+](=O)[O-])ccc1OCc1nc(N)nc(Nc2ccccc2C)n1. The molecule has 9 heteroatoms. The lowest BCUT2D eigenvalue weighted by Gasteiger charge is -2.12. The Balaban J connectivity index is 1.79. The summed E-state index contributed by atoms with van der Waals surface area (Å²) in [6, 6.07) is 12.1. The molecule has 0 saturated heterocycles. The maximum atomic E-state index is 11.0. The fraction of sp³-hybridized carbons (Fsp3) is 0.150. The van der Waals surface area contributed by atoms with E-state index in [1.807, 2.05) is 31.2 Å². The Hall–Kier alpha value is -4.01. The number of nitrogens with zero attached hydrogens (tertiary/aromatic N) is 4. The molecule has 0 amide bonds. The summed E-state index contributed by atoms with van der Waals surface area (Å²) >= 11 is 0. The molecule has 0 aliphatic carbocycles. The first-order chi connectivity index (χ1) is 14.0. The third kappa shape index (κ3) is 5.04. The number of nitro benzene ring substituents is 1. The lowest BCUT2D eigenvalue weighted by Crippen LogP contribution is -2.10. The Bertz CT molecular complexity index is 1050. The van der Waals surface area contributed by atoms with E-state index in [0.717, 1.165) is 11.3 Å². The molecule has 0 aliphatic heterocycles. The number of para-hydroxylation sites is 1. The number of benzene rings is 2. The highest BCUT2D eigenvalue weighted by Gasteiger charge is 2.13. The van der Waals surface area contributed by atoms with Gasteiger partial charge in [0.2, 0.25) is 11.9 Å². The molecule has 1 heterocycles. The molecule has 0 aliphatic rings. The average Bonchev–Trinajstić information content (AvgIpc) is 2.68. The Morgan fingerprint density at radius 1 is 1.24 bits per heavy atom. The number of nitrogen functional groups attached to an aromatic ring is 1. The number of anilines is 3. The lowest BCUT2D eigenvalue weighted by molar-refractivity contribution is -0.384. The summed E-state index contributed by atoms with van der Waals surface area (Å²) in [6.45, 7) is 5.67. The molecular weight excluding hydrogens is 372 g/mol. The van der Waals surface area contributed by atoms with Crippen molar-refractivity contribution in [2.24, 2.45) is 0 Å². The van der Waals surface area contributed by atoms with Crippen LogP contribution in [-0.2, 0) is 13.0 Å². The number of nitro groups is 1. The summed E-state index contributed by atoms with van der Waals surface area (Å²) < 4.78 is 5.79. The number of ether oxygens (including phenoxy) is 1. The van der Waals surface area contributed by atoms with Crippen LogP contribution >= 0.6 is 0 Å². The normalized spacial score (nSPS) is 10.4. The predicted octanol–water partition coefficient (Wildman–Crippen LogP) is 3.72. The number of rotatable bonds is 8. The molecule has 148 valence electrons. The van der Waals surface area contributed by atoms with Crippen molar-refractivity contribution < 1.29 is 9.66 Å². The van der Waals surface area contributed by atoms with Crippen molar-refractivity contribution >= 4 is 23.3 Å². The highest BCUT2D eigenvalue weighted by Crippen LogP contribution is 2.26. The summed E-state index contributed by atoms with van der Waals surface area (Å²) in [4.78, 5) is 23.1. The first-order valence-electron chi connectivity index (χ1n) is 8.80. The van der Waals surface area contributed by atoms with Gasteiger partial charge in [-0.15, -0.1) is 6.58 Å². The van der Waals surface area contributed by atoms with E-state index in [1.165, 1.54) is 12.1 Å². The van der Waals surface area contributed by atoms with Gasteiger partial charge in [0.1, 0.15) is 12.4 Å². The highest BCUT2D eigenvalue weighted by molar-refractivity contribution is 5.58. The van der Waals surface area contributed by atoms with Crippen LogP contribution < -0.4 is 15.8 Å². The number of aryl methyl sites for hydroxylation is 1. The molecular formula is C20H20N6O3. The number of nitrogens with two attached hydrogens (primary N) is 1. The largest absolute Gasteiger partial charge is 0.485 e. The fourth-order valence-corrected chi connectivity index (χ4v) is 2.67. The minimum absolute atomic E-state index is 0.0108. The van der Waals surface area contributed by atoms with E-state index in [1.54, 1.807) is 12.1 Å². The topological polar surface area (TPSA) is 129 Å². The van der Waals surface area contributed by atoms with E-state index in [4.69, 9.17) is 10.5 Å². The molecule has 0 spiro atoms. The van der Waals surface area contributed by atoms with Gasteiger partial charge < -0.3 is 15.8 Å². The maximum Gasteiger partial charge on any atom is 0.269 e. The van der Waals surface area contributed by atoms with Gasteiger partial charge in [0.15, 0.2) is 5.82 Å². The molecule has 0 fully saturated rings. The van der Waals surface area contributed by atoms with Gasteiger partial charge in [-0.25, -0.2) is 0 Å². The van der Waals surface area contributed by atoms with Gasteiger partial charge in [-0.3, -0.25) is 10.1 Å². The fourth-order valence-electron chi connectivity index (χ4n) is 2.67. The number of aromatic nitrogens is 3. The third-order valence-corrected chi connectivity index (χ3v) is 4.07. The van der Waals surface area contributed by atoms with Crippen LogP contribution in [0.2, 0.25) is 0 Å². The molecule has 3 N–H and O–H groups in total. The number of nitrogens with one attached hydrogen (secondary N) is 1. The van der Waals surface area contributed by atoms with Crippen LogP contribution in [0, 0.1) is 17.0 Å². The third-order valence-electron chi connectivity index (χ3n) is 4.07. The van der Waals surface area contributed by atoms with Crippen LogP contribution in [0.5, 0.6) is 5.75 Å². The average molecular weight is 392 g/mol. The quantitative estimate of drug-likeness (QED) is 0.337. The Kier molecular flexibility index (Phi) is 5.98. The van der Waals surface area contributed by atoms with Crippen LogP contribution in [0.4, 0.5) is 23.3 Å². The Morgan fingerprint density at radius 2 is 2.03 bits per heavy atom. The first-order valence-corrected chi connectivity index (χ1v) is 8.80. The Labute approximate surface area is 167 Å². The van der Waals surface area contributed by atoms with Gasteiger partial charge in [-0.2, -0.15) is 15.0 Å². The van der Waals surface area contributed by atoms with Crippen LogP contribution in [0.3, 0.4) is 0 Å². The van der Waals surface area contributed by atoms with E-state index >= 15 is 0 Å². The van der Waals surface area contributed by atoms with E-state index < -0.39 is 4.92 Å². The molecule has 2 aromatic carbocycles. The summed E-state index contributed by atoms with van der Waals surface area (Å²) in [7, 11) is 0. The second-order valence-electron chi connectivity index (χ2n) is 6.20. The van der Waals surface area contributed by atoms with Crippen LogP contribution in [0.25, 0.3) is 0 Å². The van der Waals surface area contributed by atoms with Gasteiger partial charge in [-0.05, 0) is 31.0 Å². The minimum Gasteiger partial charge on any atom is -0.485 e. The van der Waals surface area contributed by atoms with Crippen LogP contribution in [0.15, 0.2) is 55.1 Å². The van der Waals surface area contributed by atoms with E-state index in [2.05, 4.69) is 26.8 Å². The van der Waals surface area contributed by atoms with Crippen LogP contribution in [0.1, 0.15) is 17.0 Å². The zero-order valence-corrected chi connectivity index (χ0v) is 15.8. The van der Waals surface area contributed by atoms with Crippen molar-refractivity contribution in [2.75, 3.05) is 11.1 Å². The number of non-ortho nitro benzene ring substituents is 1. The molecule has 29 heavy (non-hydrogen) atoms. The van der Waals surface area contributed by atoms with Gasteiger partial charge in [0.05, 0.1) is 4.92 Å². The molecule has 1 aromatic heterocycles. The van der Waals surface area contributed by atoms with E-state index in [-0.39, 0.29) is 18.2 Å². The van der Waals surface area contributed by atoms with Crippen molar-refractivity contribution in [3.05, 3.63) is 82.2 Å². The summed E-state index contributed by atoms with van der Waals surface area (Å²) in [5.41, 5.74) is 8.33. The second-order valence-corrected chi connectivity index (χ2v) is 6.20. The van der Waals surface area contributed by atoms with Crippen molar-refractivity contribution in [3.8, 4) is 5.75 Å². The second kappa shape index (κ2) is 8.79. The van der Waals surface area contributed by atoms with Crippen molar-refractivity contribution in [1.29, 1.82) is 0 Å². The molecule has 3 rings (SSSR count). The first kappa shape index (κ1) is 19.7. The molecule has 0 saturated carbocycles. The van der Waals surface area contributed by atoms with Crippen molar-refractivity contribution in [3.63, 3.8) is 0 Å².